The number of benzene rings is 1. The lowest BCUT2D eigenvalue weighted by Crippen LogP contribution is -2.35. The average molecular weight is 333 g/mol. The highest BCUT2D eigenvalue weighted by molar-refractivity contribution is 5.54. The van der Waals surface area contributed by atoms with Crippen LogP contribution >= 0.6 is 0 Å². The van der Waals surface area contributed by atoms with Gasteiger partial charge in [-0.15, -0.1) is 0 Å². The van der Waals surface area contributed by atoms with E-state index in [-0.39, 0.29) is 5.82 Å². The minimum Gasteiger partial charge on any atom is -0.339 e. The summed E-state index contributed by atoms with van der Waals surface area (Å²) in [5.74, 6) is 1.46. The Morgan fingerprint density at radius 2 is 1.96 bits per heavy atom. The van der Waals surface area contributed by atoms with Crippen molar-refractivity contribution in [3.05, 3.63) is 35.5 Å². The van der Waals surface area contributed by atoms with E-state index in [1.54, 1.807) is 13.0 Å². The zero-order chi connectivity index (χ0) is 17.7. The van der Waals surface area contributed by atoms with Gasteiger partial charge in [-0.1, -0.05) is 31.1 Å². The first kappa shape index (κ1) is 18.6. The molecular weight excluding hydrogens is 305 g/mol. The minimum absolute atomic E-state index is 0.250. The standard InChI is InChI=1S/C19H28FN3O/c1-13(2)12-23(14(3)4)10-6-7-18-21-19(22-24-18)16-9-8-15(5)17(20)11-16/h8-9,11,13-14H,6-7,10,12H2,1-5H3. The second-order valence-electron chi connectivity index (χ2n) is 7.06. The van der Waals surface area contributed by atoms with Crippen LogP contribution in [0.3, 0.4) is 0 Å². The number of halogens is 1. The fourth-order valence-electron chi connectivity index (χ4n) is 2.67. The number of hydrogen-bond acceptors (Lipinski definition) is 4. The number of aryl methyl sites for hydroxylation is 2. The van der Waals surface area contributed by atoms with Crippen LogP contribution < -0.4 is 0 Å². The van der Waals surface area contributed by atoms with Crippen LogP contribution in [0, 0.1) is 18.7 Å². The van der Waals surface area contributed by atoms with Crippen molar-refractivity contribution in [2.24, 2.45) is 5.92 Å². The molecule has 0 aliphatic rings. The first-order valence-corrected chi connectivity index (χ1v) is 8.70. The molecule has 2 aromatic rings. The quantitative estimate of drug-likeness (QED) is 0.714. The zero-order valence-electron chi connectivity index (χ0n) is 15.3. The van der Waals surface area contributed by atoms with Gasteiger partial charge in [-0.05, 0) is 51.3 Å². The number of aromatic nitrogens is 2. The van der Waals surface area contributed by atoms with Gasteiger partial charge >= 0.3 is 0 Å². The van der Waals surface area contributed by atoms with Crippen LogP contribution in [-0.2, 0) is 6.42 Å². The van der Waals surface area contributed by atoms with Gasteiger partial charge in [-0.2, -0.15) is 4.98 Å². The molecule has 0 aliphatic heterocycles. The molecule has 0 fully saturated rings. The van der Waals surface area contributed by atoms with Gasteiger partial charge in [0.15, 0.2) is 0 Å². The summed E-state index contributed by atoms with van der Waals surface area (Å²) < 4.78 is 19.0. The maximum absolute atomic E-state index is 13.7. The molecule has 0 N–H and O–H groups in total. The summed E-state index contributed by atoms with van der Waals surface area (Å²) >= 11 is 0. The van der Waals surface area contributed by atoms with Crippen molar-refractivity contribution < 1.29 is 8.91 Å². The van der Waals surface area contributed by atoms with E-state index in [2.05, 4.69) is 42.7 Å². The smallest absolute Gasteiger partial charge is 0.227 e. The van der Waals surface area contributed by atoms with E-state index in [1.807, 2.05) is 6.07 Å². The van der Waals surface area contributed by atoms with Crippen LogP contribution in [0.5, 0.6) is 0 Å². The maximum atomic E-state index is 13.7. The first-order valence-electron chi connectivity index (χ1n) is 8.70. The van der Waals surface area contributed by atoms with Crippen molar-refractivity contribution in [3.63, 3.8) is 0 Å². The molecule has 0 amide bonds. The van der Waals surface area contributed by atoms with E-state index in [9.17, 15) is 4.39 Å². The lowest BCUT2D eigenvalue weighted by atomic mass is 10.1. The van der Waals surface area contributed by atoms with Crippen molar-refractivity contribution >= 4 is 0 Å². The van der Waals surface area contributed by atoms with E-state index >= 15 is 0 Å². The van der Waals surface area contributed by atoms with Gasteiger partial charge in [0.25, 0.3) is 0 Å². The summed E-state index contributed by atoms with van der Waals surface area (Å²) in [6, 6.07) is 5.53. The third-order valence-electron chi connectivity index (χ3n) is 4.06. The highest BCUT2D eigenvalue weighted by Gasteiger charge is 2.13. The highest BCUT2D eigenvalue weighted by atomic mass is 19.1. The lowest BCUT2D eigenvalue weighted by molar-refractivity contribution is 0.193. The normalized spacial score (nSPS) is 11.9. The molecule has 1 heterocycles. The Labute approximate surface area is 144 Å². The van der Waals surface area contributed by atoms with Gasteiger partial charge in [0.1, 0.15) is 5.82 Å². The van der Waals surface area contributed by atoms with E-state index in [0.29, 0.717) is 34.8 Å². The van der Waals surface area contributed by atoms with Crippen LogP contribution in [0.1, 0.15) is 45.6 Å². The van der Waals surface area contributed by atoms with Crippen molar-refractivity contribution in [3.8, 4) is 11.4 Å². The first-order chi connectivity index (χ1) is 11.4. The second-order valence-corrected chi connectivity index (χ2v) is 7.06. The topological polar surface area (TPSA) is 42.2 Å². The van der Waals surface area contributed by atoms with Crippen LogP contribution in [0.25, 0.3) is 11.4 Å². The van der Waals surface area contributed by atoms with Gasteiger partial charge in [0.05, 0.1) is 0 Å². The molecule has 0 bridgehead atoms. The van der Waals surface area contributed by atoms with Gasteiger partial charge in [-0.3, -0.25) is 0 Å². The molecule has 2 rings (SSSR count). The second kappa shape index (κ2) is 8.38. The molecule has 0 unspecified atom stereocenters. The Morgan fingerprint density at radius 3 is 2.58 bits per heavy atom. The van der Waals surface area contributed by atoms with Crippen molar-refractivity contribution in [1.29, 1.82) is 0 Å². The molecule has 0 saturated heterocycles. The SMILES string of the molecule is Cc1ccc(-c2noc(CCCN(CC(C)C)C(C)C)n2)cc1F. The van der Waals surface area contributed by atoms with E-state index in [1.165, 1.54) is 6.07 Å². The summed E-state index contributed by atoms with van der Waals surface area (Å²) in [6.07, 6.45) is 1.71. The van der Waals surface area contributed by atoms with Crippen LogP contribution in [0.15, 0.2) is 22.7 Å². The Bertz CT molecular complexity index is 652. The Kier molecular flexibility index (Phi) is 6.49. The molecule has 0 radical (unpaired) electrons. The molecule has 132 valence electrons. The molecule has 0 atom stereocenters. The van der Waals surface area contributed by atoms with E-state index in [0.717, 1.165) is 25.9 Å². The molecular formula is C19H28FN3O. The Hall–Kier alpha value is -1.75. The monoisotopic (exact) mass is 333 g/mol. The Balaban J connectivity index is 1.92. The summed E-state index contributed by atoms with van der Waals surface area (Å²) in [7, 11) is 0. The predicted octanol–water partition coefficient (Wildman–Crippen LogP) is 4.48. The van der Waals surface area contributed by atoms with Crippen LogP contribution in [0.4, 0.5) is 4.39 Å². The lowest BCUT2D eigenvalue weighted by Gasteiger charge is -2.27. The van der Waals surface area contributed by atoms with Crippen LogP contribution in [-0.4, -0.2) is 34.2 Å². The molecule has 1 aromatic heterocycles. The predicted molar refractivity (Wildman–Crippen MR) is 94.3 cm³/mol. The largest absolute Gasteiger partial charge is 0.339 e. The van der Waals surface area contributed by atoms with Crippen molar-refractivity contribution in [2.75, 3.05) is 13.1 Å². The van der Waals surface area contributed by atoms with Crippen molar-refractivity contribution in [2.45, 2.75) is 53.5 Å². The zero-order valence-corrected chi connectivity index (χ0v) is 15.3. The van der Waals surface area contributed by atoms with Gasteiger partial charge < -0.3 is 9.42 Å². The molecule has 0 aliphatic carbocycles. The fraction of sp³-hybridized carbons (Fsp3) is 0.579. The summed E-state index contributed by atoms with van der Waals surface area (Å²) in [4.78, 5) is 6.86. The summed E-state index contributed by atoms with van der Waals surface area (Å²) in [5.41, 5.74) is 1.26. The van der Waals surface area contributed by atoms with Gasteiger partial charge in [-0.25, -0.2) is 4.39 Å². The molecule has 4 nitrogen and oxygen atoms in total. The number of hydrogen-bond donors (Lipinski definition) is 0. The summed E-state index contributed by atoms with van der Waals surface area (Å²) in [6.45, 7) is 12.7. The average Bonchev–Trinajstić information content (AvgIpc) is 2.97. The molecule has 1 aromatic carbocycles. The molecule has 5 heteroatoms. The number of rotatable bonds is 8. The molecule has 0 saturated carbocycles. The van der Waals surface area contributed by atoms with Crippen molar-refractivity contribution in [1.82, 2.24) is 15.0 Å². The molecule has 0 spiro atoms. The third-order valence-corrected chi connectivity index (χ3v) is 4.06. The molecule has 24 heavy (non-hydrogen) atoms. The van der Waals surface area contributed by atoms with Gasteiger partial charge in [0, 0.05) is 24.6 Å². The number of nitrogens with zero attached hydrogens (tertiary/aromatic N) is 3. The third kappa shape index (κ3) is 5.13. The Morgan fingerprint density at radius 1 is 1.21 bits per heavy atom. The maximum Gasteiger partial charge on any atom is 0.227 e. The van der Waals surface area contributed by atoms with Crippen LogP contribution in [0.2, 0.25) is 0 Å². The van der Waals surface area contributed by atoms with E-state index in [4.69, 9.17) is 4.52 Å². The highest BCUT2D eigenvalue weighted by Crippen LogP contribution is 2.19. The van der Waals surface area contributed by atoms with E-state index < -0.39 is 0 Å². The fourth-order valence-corrected chi connectivity index (χ4v) is 2.67. The summed E-state index contributed by atoms with van der Waals surface area (Å²) in [5, 5.41) is 3.97. The minimum atomic E-state index is -0.250. The van der Waals surface area contributed by atoms with Gasteiger partial charge in [0.2, 0.25) is 11.7 Å².